The molecule has 1 heterocycles. The quantitative estimate of drug-likeness (QED) is 0.933. The Kier molecular flexibility index (Phi) is 4.30. The van der Waals surface area contributed by atoms with Gasteiger partial charge in [0.1, 0.15) is 10.9 Å². The molecule has 1 amide bonds. The van der Waals surface area contributed by atoms with E-state index in [9.17, 15) is 4.79 Å². The third kappa shape index (κ3) is 3.66. The molecule has 1 aromatic carbocycles. The van der Waals surface area contributed by atoms with E-state index in [4.69, 9.17) is 16.3 Å². The number of halogens is 1. The molecule has 0 atom stereocenters. The van der Waals surface area contributed by atoms with Crippen LogP contribution in [0.25, 0.3) is 0 Å². The molecular formula is C13H12ClN3O2. The molecule has 0 saturated carbocycles. The fraction of sp³-hybridized carbons (Fsp3) is 0.154. The predicted octanol–water partition coefficient (Wildman–Crippen LogP) is 2.78. The van der Waals surface area contributed by atoms with Gasteiger partial charge in [-0.1, -0.05) is 11.6 Å². The van der Waals surface area contributed by atoms with Gasteiger partial charge in [0.25, 0.3) is 5.91 Å². The highest BCUT2D eigenvalue weighted by Gasteiger charge is 2.07. The Bertz CT molecular complexity index is 555. The number of rotatable bonds is 4. The molecule has 0 aliphatic carbocycles. The maximum atomic E-state index is 11.9. The average Bonchev–Trinajstić information content (AvgIpc) is 2.42. The largest absolute Gasteiger partial charge is 0.494 e. The molecule has 0 radical (unpaired) electrons. The van der Waals surface area contributed by atoms with Crippen LogP contribution in [0.4, 0.5) is 5.82 Å². The molecule has 19 heavy (non-hydrogen) atoms. The summed E-state index contributed by atoms with van der Waals surface area (Å²) in [7, 11) is 0. The van der Waals surface area contributed by atoms with Gasteiger partial charge in [0.05, 0.1) is 19.0 Å². The van der Waals surface area contributed by atoms with E-state index in [1.54, 1.807) is 24.3 Å². The van der Waals surface area contributed by atoms with Gasteiger partial charge in [-0.15, -0.1) is 0 Å². The summed E-state index contributed by atoms with van der Waals surface area (Å²) in [5, 5.41) is 2.90. The molecule has 0 bridgehead atoms. The first-order valence-electron chi connectivity index (χ1n) is 5.71. The summed E-state index contributed by atoms with van der Waals surface area (Å²) in [6.07, 6.45) is 2.77. The summed E-state index contributed by atoms with van der Waals surface area (Å²) in [6, 6.07) is 6.85. The third-order valence-corrected chi connectivity index (χ3v) is 2.48. The average molecular weight is 278 g/mol. The molecule has 1 N–H and O–H groups in total. The van der Waals surface area contributed by atoms with Crippen molar-refractivity contribution in [2.45, 2.75) is 6.92 Å². The molecule has 2 aromatic rings. The minimum atomic E-state index is -0.264. The van der Waals surface area contributed by atoms with E-state index in [-0.39, 0.29) is 11.1 Å². The Balaban J connectivity index is 2.05. The molecule has 0 aliphatic heterocycles. The molecule has 0 saturated heterocycles. The normalized spacial score (nSPS) is 10.0. The van der Waals surface area contributed by atoms with Gasteiger partial charge in [-0.2, -0.15) is 0 Å². The number of anilines is 1. The van der Waals surface area contributed by atoms with Crippen LogP contribution in [0.5, 0.6) is 5.75 Å². The summed E-state index contributed by atoms with van der Waals surface area (Å²) in [4.78, 5) is 19.7. The van der Waals surface area contributed by atoms with Crippen LogP contribution in [0.3, 0.4) is 0 Å². The fourth-order valence-corrected chi connectivity index (χ4v) is 1.53. The van der Waals surface area contributed by atoms with Crippen molar-refractivity contribution in [1.82, 2.24) is 9.97 Å². The van der Waals surface area contributed by atoms with E-state index in [1.807, 2.05) is 6.92 Å². The molecule has 0 spiro atoms. The van der Waals surface area contributed by atoms with Crippen molar-refractivity contribution in [2.75, 3.05) is 11.9 Å². The van der Waals surface area contributed by atoms with Crippen LogP contribution in [0.1, 0.15) is 17.3 Å². The smallest absolute Gasteiger partial charge is 0.256 e. The molecule has 0 fully saturated rings. The molecule has 0 unspecified atom stereocenters. The standard InChI is InChI=1S/C13H12ClN3O2/c1-2-19-10-5-3-9(4-6-10)13(18)17-12-8-15-11(14)7-16-12/h3-8H,2H2,1H3,(H,16,17,18). The summed E-state index contributed by atoms with van der Waals surface area (Å²) in [6.45, 7) is 2.49. The van der Waals surface area contributed by atoms with Crippen LogP contribution in [-0.2, 0) is 0 Å². The van der Waals surface area contributed by atoms with Crippen molar-refractivity contribution in [2.24, 2.45) is 0 Å². The third-order valence-electron chi connectivity index (χ3n) is 2.29. The van der Waals surface area contributed by atoms with E-state index in [0.717, 1.165) is 5.75 Å². The maximum Gasteiger partial charge on any atom is 0.256 e. The number of carbonyl (C=O) groups is 1. The lowest BCUT2D eigenvalue weighted by Crippen LogP contribution is -2.13. The van der Waals surface area contributed by atoms with Crippen LogP contribution in [0, 0.1) is 0 Å². The van der Waals surface area contributed by atoms with E-state index in [2.05, 4.69) is 15.3 Å². The van der Waals surface area contributed by atoms with E-state index < -0.39 is 0 Å². The van der Waals surface area contributed by atoms with Gasteiger partial charge in [-0.05, 0) is 31.2 Å². The highest BCUT2D eigenvalue weighted by molar-refractivity contribution is 6.29. The number of nitrogens with zero attached hydrogens (tertiary/aromatic N) is 2. The number of aromatic nitrogens is 2. The van der Waals surface area contributed by atoms with Crippen LogP contribution in [0.2, 0.25) is 5.15 Å². The zero-order valence-electron chi connectivity index (χ0n) is 10.3. The molecule has 98 valence electrons. The van der Waals surface area contributed by atoms with E-state index >= 15 is 0 Å². The van der Waals surface area contributed by atoms with Gasteiger partial charge in [-0.25, -0.2) is 9.97 Å². The van der Waals surface area contributed by atoms with Gasteiger partial charge in [0, 0.05) is 5.56 Å². The van der Waals surface area contributed by atoms with Crippen LogP contribution in [0.15, 0.2) is 36.7 Å². The summed E-state index contributed by atoms with van der Waals surface area (Å²) in [5.74, 6) is 0.813. The Labute approximate surface area is 115 Å². The Hall–Kier alpha value is -2.14. The van der Waals surface area contributed by atoms with Crippen LogP contribution >= 0.6 is 11.6 Å². The fourth-order valence-electron chi connectivity index (χ4n) is 1.43. The highest BCUT2D eigenvalue weighted by Crippen LogP contribution is 2.13. The molecule has 2 rings (SSSR count). The van der Waals surface area contributed by atoms with Gasteiger partial charge in [0.15, 0.2) is 5.82 Å². The zero-order chi connectivity index (χ0) is 13.7. The Morgan fingerprint density at radius 2 is 2.00 bits per heavy atom. The van der Waals surface area contributed by atoms with Gasteiger partial charge < -0.3 is 10.1 Å². The maximum absolute atomic E-state index is 11.9. The minimum Gasteiger partial charge on any atom is -0.494 e. The van der Waals surface area contributed by atoms with Crippen molar-refractivity contribution < 1.29 is 9.53 Å². The van der Waals surface area contributed by atoms with Crippen molar-refractivity contribution in [3.05, 3.63) is 47.4 Å². The van der Waals surface area contributed by atoms with E-state index in [1.165, 1.54) is 12.4 Å². The van der Waals surface area contributed by atoms with Gasteiger partial charge >= 0.3 is 0 Å². The first-order valence-corrected chi connectivity index (χ1v) is 6.08. The number of hydrogen-bond acceptors (Lipinski definition) is 4. The molecule has 1 aromatic heterocycles. The first kappa shape index (κ1) is 13.3. The summed E-state index contributed by atoms with van der Waals surface area (Å²) >= 11 is 5.61. The van der Waals surface area contributed by atoms with Crippen LogP contribution in [-0.4, -0.2) is 22.5 Å². The van der Waals surface area contributed by atoms with Crippen molar-refractivity contribution >= 4 is 23.3 Å². The number of carbonyl (C=O) groups excluding carboxylic acids is 1. The number of ether oxygens (including phenoxy) is 1. The second kappa shape index (κ2) is 6.15. The molecular weight excluding hydrogens is 266 g/mol. The SMILES string of the molecule is CCOc1ccc(C(=O)Nc2cnc(Cl)cn2)cc1. The van der Waals surface area contributed by atoms with Crippen molar-refractivity contribution in [3.8, 4) is 5.75 Å². The summed E-state index contributed by atoms with van der Waals surface area (Å²) < 4.78 is 5.30. The Morgan fingerprint density at radius 3 is 2.58 bits per heavy atom. The van der Waals surface area contributed by atoms with E-state index in [0.29, 0.717) is 18.0 Å². The number of nitrogens with one attached hydrogen (secondary N) is 1. The lowest BCUT2D eigenvalue weighted by Gasteiger charge is -2.06. The van der Waals surface area contributed by atoms with Gasteiger partial charge in [0.2, 0.25) is 0 Å². The first-order chi connectivity index (χ1) is 9.19. The second-order valence-electron chi connectivity index (χ2n) is 3.64. The monoisotopic (exact) mass is 277 g/mol. The van der Waals surface area contributed by atoms with Crippen molar-refractivity contribution in [3.63, 3.8) is 0 Å². The molecule has 6 heteroatoms. The number of benzene rings is 1. The number of amides is 1. The van der Waals surface area contributed by atoms with Gasteiger partial charge in [-0.3, -0.25) is 4.79 Å². The predicted molar refractivity (Wildman–Crippen MR) is 72.6 cm³/mol. The second-order valence-corrected chi connectivity index (χ2v) is 4.02. The van der Waals surface area contributed by atoms with Crippen molar-refractivity contribution in [1.29, 1.82) is 0 Å². The van der Waals surface area contributed by atoms with Crippen LogP contribution < -0.4 is 10.1 Å². The number of hydrogen-bond donors (Lipinski definition) is 1. The molecule has 0 aliphatic rings. The summed E-state index contributed by atoms with van der Waals surface area (Å²) in [5.41, 5.74) is 0.514. The zero-order valence-corrected chi connectivity index (χ0v) is 11.0. The topological polar surface area (TPSA) is 64.1 Å². The lowest BCUT2D eigenvalue weighted by molar-refractivity contribution is 0.102. The minimum absolute atomic E-state index is 0.264. The lowest BCUT2D eigenvalue weighted by atomic mass is 10.2. The Morgan fingerprint density at radius 1 is 1.26 bits per heavy atom. The highest BCUT2D eigenvalue weighted by atomic mass is 35.5. The molecule has 5 nitrogen and oxygen atoms in total.